The number of ether oxygens (including phenoxy) is 2. The third-order valence-corrected chi connectivity index (χ3v) is 2.67. The number of aromatic nitrogens is 1. The molecule has 0 amide bonds. The molecule has 1 aromatic rings. The minimum Gasteiger partial charge on any atom is -0.489 e. The number of hydrogen-bond acceptors (Lipinski definition) is 4. The molecule has 0 bridgehead atoms. The Morgan fingerprint density at radius 1 is 1.20 bits per heavy atom. The van der Waals surface area contributed by atoms with Gasteiger partial charge in [0.05, 0.1) is 17.9 Å². The summed E-state index contributed by atoms with van der Waals surface area (Å²) < 4.78 is 11.4. The van der Waals surface area contributed by atoms with Crippen molar-refractivity contribution in [1.82, 2.24) is 10.3 Å². The molecule has 0 fully saturated rings. The lowest BCUT2D eigenvalue weighted by Crippen LogP contribution is -2.23. The van der Waals surface area contributed by atoms with Gasteiger partial charge < -0.3 is 14.8 Å². The van der Waals surface area contributed by atoms with Gasteiger partial charge in [-0.05, 0) is 52.8 Å². The normalized spacial score (nSPS) is 11.7. The summed E-state index contributed by atoms with van der Waals surface area (Å²) in [5.41, 5.74) is 1.85. The van der Waals surface area contributed by atoms with E-state index < -0.39 is 0 Å². The van der Waals surface area contributed by atoms with Gasteiger partial charge in [0.15, 0.2) is 0 Å². The third-order valence-electron chi connectivity index (χ3n) is 2.67. The molecule has 1 rings (SSSR count). The Labute approximate surface area is 122 Å². The van der Waals surface area contributed by atoms with Crippen LogP contribution in [0.5, 0.6) is 5.75 Å². The lowest BCUT2D eigenvalue weighted by Gasteiger charge is -2.20. The van der Waals surface area contributed by atoms with Gasteiger partial charge in [-0.2, -0.15) is 0 Å². The highest BCUT2D eigenvalue weighted by molar-refractivity contribution is 5.29. The molecule has 1 heterocycles. The van der Waals surface area contributed by atoms with Crippen molar-refractivity contribution in [3.05, 3.63) is 23.5 Å². The highest BCUT2D eigenvalue weighted by Gasteiger charge is 2.10. The molecule has 4 heteroatoms. The average Bonchev–Trinajstić information content (AvgIpc) is 2.36. The van der Waals surface area contributed by atoms with Crippen molar-refractivity contribution in [3.63, 3.8) is 0 Å². The minimum absolute atomic E-state index is 0.125. The fourth-order valence-corrected chi connectivity index (χ4v) is 1.74. The maximum atomic E-state index is 5.79. The molecule has 114 valence electrons. The summed E-state index contributed by atoms with van der Waals surface area (Å²) in [6, 6.07) is 3.96. The van der Waals surface area contributed by atoms with Crippen LogP contribution in [-0.2, 0) is 11.3 Å². The van der Waals surface area contributed by atoms with Crippen LogP contribution in [0.4, 0.5) is 0 Å². The predicted molar refractivity (Wildman–Crippen MR) is 82.2 cm³/mol. The van der Waals surface area contributed by atoms with E-state index in [0.717, 1.165) is 36.6 Å². The minimum atomic E-state index is -0.125. The number of pyridine rings is 1. The highest BCUT2D eigenvalue weighted by atomic mass is 16.5. The van der Waals surface area contributed by atoms with E-state index in [4.69, 9.17) is 9.47 Å². The summed E-state index contributed by atoms with van der Waals surface area (Å²) in [5, 5.41) is 3.36. The second-order valence-corrected chi connectivity index (χ2v) is 5.88. The zero-order valence-electron chi connectivity index (χ0n) is 13.5. The van der Waals surface area contributed by atoms with Crippen molar-refractivity contribution in [3.8, 4) is 5.75 Å². The van der Waals surface area contributed by atoms with E-state index in [9.17, 15) is 0 Å². The van der Waals surface area contributed by atoms with E-state index in [1.165, 1.54) is 0 Å². The topological polar surface area (TPSA) is 43.4 Å². The molecular formula is C16H28N2O2. The molecule has 0 atom stereocenters. The van der Waals surface area contributed by atoms with Crippen LogP contribution >= 0.6 is 0 Å². The monoisotopic (exact) mass is 280 g/mol. The molecule has 0 spiro atoms. The van der Waals surface area contributed by atoms with E-state index in [0.29, 0.717) is 13.2 Å². The SMILES string of the molecule is CCCNCc1nc(C)ccc1OCCOC(C)(C)C. The zero-order valence-corrected chi connectivity index (χ0v) is 13.5. The van der Waals surface area contributed by atoms with Gasteiger partial charge in [-0.25, -0.2) is 0 Å². The molecule has 0 radical (unpaired) electrons. The largest absolute Gasteiger partial charge is 0.489 e. The summed E-state index contributed by atoms with van der Waals surface area (Å²) >= 11 is 0. The molecule has 1 aromatic heterocycles. The summed E-state index contributed by atoms with van der Waals surface area (Å²) in [5.74, 6) is 0.844. The average molecular weight is 280 g/mol. The van der Waals surface area contributed by atoms with Crippen LogP contribution < -0.4 is 10.1 Å². The Bertz CT molecular complexity index is 400. The molecule has 0 aliphatic rings. The Hall–Kier alpha value is -1.13. The lowest BCUT2D eigenvalue weighted by atomic mass is 10.2. The maximum Gasteiger partial charge on any atom is 0.142 e. The zero-order chi connectivity index (χ0) is 15.0. The van der Waals surface area contributed by atoms with E-state index >= 15 is 0 Å². The van der Waals surface area contributed by atoms with Crippen LogP contribution in [0.3, 0.4) is 0 Å². The first-order valence-electron chi connectivity index (χ1n) is 7.36. The third kappa shape index (κ3) is 6.87. The van der Waals surface area contributed by atoms with Crippen LogP contribution in [0.25, 0.3) is 0 Å². The number of nitrogens with one attached hydrogen (secondary N) is 1. The second kappa shape index (κ2) is 8.22. The Balaban J connectivity index is 2.51. The first-order valence-corrected chi connectivity index (χ1v) is 7.36. The van der Waals surface area contributed by atoms with Crippen molar-refractivity contribution in [2.45, 2.75) is 53.2 Å². The van der Waals surface area contributed by atoms with Crippen molar-refractivity contribution in [2.24, 2.45) is 0 Å². The predicted octanol–water partition coefficient (Wildman–Crippen LogP) is 3.08. The fourth-order valence-electron chi connectivity index (χ4n) is 1.74. The van der Waals surface area contributed by atoms with Gasteiger partial charge in [0.1, 0.15) is 12.4 Å². The molecule has 0 aliphatic carbocycles. The summed E-state index contributed by atoms with van der Waals surface area (Å²) in [4.78, 5) is 4.54. The second-order valence-electron chi connectivity index (χ2n) is 5.88. The summed E-state index contributed by atoms with van der Waals surface area (Å²) in [6.07, 6.45) is 1.11. The van der Waals surface area contributed by atoms with Gasteiger partial charge in [0.25, 0.3) is 0 Å². The number of rotatable bonds is 8. The fraction of sp³-hybridized carbons (Fsp3) is 0.688. The van der Waals surface area contributed by atoms with E-state index in [1.54, 1.807) is 0 Å². The quantitative estimate of drug-likeness (QED) is 0.743. The molecule has 0 aromatic carbocycles. The van der Waals surface area contributed by atoms with Crippen LogP contribution in [0.2, 0.25) is 0 Å². The first-order chi connectivity index (χ1) is 9.42. The summed E-state index contributed by atoms with van der Waals surface area (Å²) in [7, 11) is 0. The van der Waals surface area contributed by atoms with Crippen molar-refractivity contribution in [1.29, 1.82) is 0 Å². The van der Waals surface area contributed by atoms with Gasteiger partial charge in [0.2, 0.25) is 0 Å². The lowest BCUT2D eigenvalue weighted by molar-refractivity contribution is -0.0164. The summed E-state index contributed by atoms with van der Waals surface area (Å²) in [6.45, 7) is 13.1. The van der Waals surface area contributed by atoms with Crippen molar-refractivity contribution >= 4 is 0 Å². The van der Waals surface area contributed by atoms with Gasteiger partial charge in [-0.3, -0.25) is 4.98 Å². The van der Waals surface area contributed by atoms with Crippen molar-refractivity contribution in [2.75, 3.05) is 19.8 Å². The molecule has 0 saturated carbocycles. The van der Waals surface area contributed by atoms with E-state index in [1.807, 2.05) is 39.8 Å². The van der Waals surface area contributed by atoms with Gasteiger partial charge >= 0.3 is 0 Å². The molecule has 0 unspecified atom stereocenters. The Morgan fingerprint density at radius 2 is 1.95 bits per heavy atom. The molecular weight excluding hydrogens is 252 g/mol. The van der Waals surface area contributed by atoms with Crippen molar-refractivity contribution < 1.29 is 9.47 Å². The number of nitrogens with zero attached hydrogens (tertiary/aromatic N) is 1. The molecule has 1 N–H and O–H groups in total. The van der Waals surface area contributed by atoms with Crippen LogP contribution in [0.1, 0.15) is 45.5 Å². The smallest absolute Gasteiger partial charge is 0.142 e. The molecule has 20 heavy (non-hydrogen) atoms. The van der Waals surface area contributed by atoms with Crippen LogP contribution in [0.15, 0.2) is 12.1 Å². The van der Waals surface area contributed by atoms with E-state index in [2.05, 4.69) is 17.2 Å². The molecule has 0 aliphatic heterocycles. The van der Waals surface area contributed by atoms with Gasteiger partial charge in [-0.1, -0.05) is 6.92 Å². The van der Waals surface area contributed by atoms with E-state index in [-0.39, 0.29) is 5.60 Å². The molecule has 0 saturated heterocycles. The standard InChI is InChI=1S/C16H28N2O2/c1-6-9-17-12-14-15(8-7-13(2)18-14)19-10-11-20-16(3,4)5/h7-8,17H,6,9-12H2,1-5H3. The van der Waals surface area contributed by atoms with Gasteiger partial charge in [0, 0.05) is 12.2 Å². The Morgan fingerprint density at radius 3 is 2.60 bits per heavy atom. The molecule has 4 nitrogen and oxygen atoms in total. The van der Waals surface area contributed by atoms with Crippen LogP contribution in [0, 0.1) is 6.92 Å². The maximum absolute atomic E-state index is 5.79. The number of aryl methyl sites for hydroxylation is 1. The van der Waals surface area contributed by atoms with Gasteiger partial charge in [-0.15, -0.1) is 0 Å². The van der Waals surface area contributed by atoms with Crippen LogP contribution in [-0.4, -0.2) is 30.3 Å². The Kier molecular flexibility index (Phi) is 6.96. The highest BCUT2D eigenvalue weighted by Crippen LogP contribution is 2.17. The number of hydrogen-bond donors (Lipinski definition) is 1. The first kappa shape index (κ1) is 16.9.